The average Bonchev–Trinajstić information content (AvgIpc) is 3.07. The van der Waals surface area contributed by atoms with Crippen molar-refractivity contribution < 1.29 is 19.1 Å². The predicted molar refractivity (Wildman–Crippen MR) is 91.1 cm³/mol. The first-order valence-corrected chi connectivity index (χ1v) is 7.91. The molecule has 24 heavy (non-hydrogen) atoms. The molecule has 3 aromatic rings. The number of nitrogens with one attached hydrogen (secondary N) is 1. The van der Waals surface area contributed by atoms with Gasteiger partial charge in [0.15, 0.2) is 0 Å². The Hall–Kier alpha value is -2.99. The average molecular weight is 341 g/mol. The van der Waals surface area contributed by atoms with Crippen LogP contribution in [0.4, 0.5) is 10.1 Å². The molecule has 6 heteroatoms. The van der Waals surface area contributed by atoms with Crippen molar-refractivity contribution in [1.82, 2.24) is 0 Å². The first-order chi connectivity index (χ1) is 11.5. The highest BCUT2D eigenvalue weighted by atomic mass is 32.1. The Labute approximate surface area is 141 Å². The van der Waals surface area contributed by atoms with Crippen molar-refractivity contribution in [3.05, 3.63) is 76.2 Å². The number of benzene rings is 2. The van der Waals surface area contributed by atoms with Crippen LogP contribution >= 0.6 is 11.3 Å². The van der Waals surface area contributed by atoms with Gasteiger partial charge in [-0.3, -0.25) is 4.79 Å². The number of aromatic carboxylic acids is 1. The molecule has 1 aromatic heterocycles. The van der Waals surface area contributed by atoms with Crippen molar-refractivity contribution in [3.63, 3.8) is 0 Å². The van der Waals surface area contributed by atoms with Gasteiger partial charge in [0.2, 0.25) is 0 Å². The second-order valence-electron chi connectivity index (χ2n) is 5.02. The fourth-order valence-corrected chi connectivity index (χ4v) is 2.95. The lowest BCUT2D eigenvalue weighted by Crippen LogP contribution is -2.12. The van der Waals surface area contributed by atoms with Gasteiger partial charge in [0.05, 0.1) is 5.69 Å². The van der Waals surface area contributed by atoms with E-state index in [2.05, 4.69) is 5.32 Å². The molecule has 2 aromatic carbocycles. The van der Waals surface area contributed by atoms with Gasteiger partial charge in [0, 0.05) is 5.56 Å². The summed E-state index contributed by atoms with van der Waals surface area (Å²) >= 11 is 1.12. The van der Waals surface area contributed by atoms with Gasteiger partial charge in [-0.2, -0.15) is 0 Å². The molecule has 2 N–H and O–H groups in total. The van der Waals surface area contributed by atoms with Crippen LogP contribution in [0.5, 0.6) is 0 Å². The van der Waals surface area contributed by atoms with E-state index in [0.717, 1.165) is 22.5 Å². The van der Waals surface area contributed by atoms with Crippen LogP contribution in [0.1, 0.15) is 20.0 Å². The number of thiophene rings is 1. The fourth-order valence-electron chi connectivity index (χ4n) is 2.20. The van der Waals surface area contributed by atoms with E-state index in [9.17, 15) is 14.0 Å². The standard InChI is InChI=1S/C18H12FNO3S/c19-14-6-1-2-7-15(14)20-17(21)12-5-3-4-11(8-12)13-9-16(18(22)23)24-10-13/h1-10H,(H,20,21)(H,22,23). The SMILES string of the molecule is O=C(Nc1ccccc1F)c1cccc(-c2csc(C(=O)O)c2)c1. The molecule has 0 bridgehead atoms. The Bertz CT molecular complexity index is 920. The smallest absolute Gasteiger partial charge is 0.345 e. The van der Waals surface area contributed by atoms with E-state index in [1.165, 1.54) is 12.1 Å². The van der Waals surface area contributed by atoms with Crippen LogP contribution in [0.25, 0.3) is 11.1 Å². The molecule has 4 nitrogen and oxygen atoms in total. The Morgan fingerprint density at radius 1 is 1.00 bits per heavy atom. The van der Waals surface area contributed by atoms with E-state index in [1.807, 2.05) is 0 Å². The Morgan fingerprint density at radius 3 is 2.50 bits per heavy atom. The summed E-state index contributed by atoms with van der Waals surface area (Å²) in [5.74, 6) is -1.93. The molecule has 0 aliphatic carbocycles. The molecule has 0 saturated carbocycles. The van der Waals surface area contributed by atoms with Crippen LogP contribution in [0.3, 0.4) is 0 Å². The maximum absolute atomic E-state index is 13.6. The van der Waals surface area contributed by atoms with E-state index in [-0.39, 0.29) is 10.6 Å². The third-order valence-electron chi connectivity index (χ3n) is 3.39. The van der Waals surface area contributed by atoms with E-state index >= 15 is 0 Å². The molecule has 0 fully saturated rings. The quantitative estimate of drug-likeness (QED) is 0.734. The van der Waals surface area contributed by atoms with Crippen molar-refractivity contribution >= 4 is 28.9 Å². The summed E-state index contributed by atoms with van der Waals surface area (Å²) in [7, 11) is 0. The maximum Gasteiger partial charge on any atom is 0.345 e. The van der Waals surface area contributed by atoms with Crippen LogP contribution in [0, 0.1) is 5.82 Å². The number of carbonyl (C=O) groups is 2. The minimum absolute atomic E-state index is 0.108. The zero-order valence-corrected chi connectivity index (χ0v) is 13.1. The molecule has 1 amide bonds. The molecule has 0 saturated heterocycles. The first kappa shape index (κ1) is 15.9. The lowest BCUT2D eigenvalue weighted by molar-refractivity contribution is 0.0702. The third kappa shape index (κ3) is 3.33. The summed E-state index contributed by atoms with van der Waals surface area (Å²) in [5.41, 5.74) is 1.91. The highest BCUT2D eigenvalue weighted by molar-refractivity contribution is 7.12. The monoisotopic (exact) mass is 341 g/mol. The molecule has 0 aliphatic rings. The molecule has 0 radical (unpaired) electrons. The predicted octanol–water partition coefficient (Wildman–Crippen LogP) is 4.50. The van der Waals surface area contributed by atoms with Gasteiger partial charge < -0.3 is 10.4 Å². The minimum Gasteiger partial charge on any atom is -0.477 e. The number of halogens is 1. The molecule has 0 spiro atoms. The number of carbonyl (C=O) groups excluding carboxylic acids is 1. The van der Waals surface area contributed by atoms with Crippen LogP contribution < -0.4 is 5.32 Å². The lowest BCUT2D eigenvalue weighted by atomic mass is 10.0. The number of hydrogen-bond donors (Lipinski definition) is 2. The van der Waals surface area contributed by atoms with Crippen molar-refractivity contribution in [2.75, 3.05) is 5.32 Å². The number of carboxylic acid groups (broad SMARTS) is 1. The van der Waals surface area contributed by atoms with Gasteiger partial charge in [-0.1, -0.05) is 24.3 Å². The summed E-state index contributed by atoms with van der Waals surface area (Å²) in [5, 5.41) is 13.2. The third-order valence-corrected chi connectivity index (χ3v) is 4.31. The van der Waals surface area contributed by atoms with Gasteiger partial charge >= 0.3 is 5.97 Å². The summed E-state index contributed by atoms with van der Waals surface area (Å²) in [6.07, 6.45) is 0. The number of rotatable bonds is 4. The van der Waals surface area contributed by atoms with E-state index < -0.39 is 17.7 Å². The molecule has 0 atom stereocenters. The summed E-state index contributed by atoms with van der Waals surface area (Å²) in [6, 6.07) is 14.2. The number of carboxylic acids is 1. The maximum atomic E-state index is 13.6. The van der Waals surface area contributed by atoms with Crippen molar-refractivity contribution in [1.29, 1.82) is 0 Å². The number of hydrogen-bond acceptors (Lipinski definition) is 3. The number of anilines is 1. The lowest BCUT2D eigenvalue weighted by Gasteiger charge is -2.07. The Morgan fingerprint density at radius 2 is 1.79 bits per heavy atom. The summed E-state index contributed by atoms with van der Waals surface area (Å²) < 4.78 is 13.6. The summed E-state index contributed by atoms with van der Waals surface area (Å²) in [4.78, 5) is 23.5. The molecule has 1 heterocycles. The van der Waals surface area contributed by atoms with Gasteiger partial charge in [0.25, 0.3) is 5.91 Å². The Kier molecular flexibility index (Phi) is 4.39. The molecule has 0 aliphatic heterocycles. The summed E-state index contributed by atoms with van der Waals surface area (Å²) in [6.45, 7) is 0. The largest absolute Gasteiger partial charge is 0.477 e. The van der Waals surface area contributed by atoms with Crippen molar-refractivity contribution in [3.8, 4) is 11.1 Å². The van der Waals surface area contributed by atoms with Gasteiger partial charge in [-0.25, -0.2) is 9.18 Å². The number of para-hydroxylation sites is 1. The molecule has 0 unspecified atom stereocenters. The molecule has 120 valence electrons. The van der Waals surface area contributed by atoms with E-state index in [4.69, 9.17) is 5.11 Å². The molecule has 3 rings (SSSR count). The second-order valence-corrected chi connectivity index (χ2v) is 5.93. The normalized spacial score (nSPS) is 10.4. The number of amides is 1. The highest BCUT2D eigenvalue weighted by Gasteiger charge is 2.12. The fraction of sp³-hybridized carbons (Fsp3) is 0. The zero-order chi connectivity index (χ0) is 17.1. The van der Waals surface area contributed by atoms with Gasteiger partial charge in [-0.05, 0) is 46.8 Å². The zero-order valence-electron chi connectivity index (χ0n) is 12.3. The van der Waals surface area contributed by atoms with Crippen LogP contribution in [-0.4, -0.2) is 17.0 Å². The van der Waals surface area contributed by atoms with Crippen molar-refractivity contribution in [2.45, 2.75) is 0 Å². The van der Waals surface area contributed by atoms with E-state index in [0.29, 0.717) is 5.56 Å². The first-order valence-electron chi connectivity index (χ1n) is 7.03. The molecular formula is C18H12FNO3S. The van der Waals surface area contributed by atoms with Crippen molar-refractivity contribution in [2.24, 2.45) is 0 Å². The van der Waals surface area contributed by atoms with E-state index in [1.54, 1.807) is 47.8 Å². The van der Waals surface area contributed by atoms with Crippen LogP contribution in [-0.2, 0) is 0 Å². The van der Waals surface area contributed by atoms with Gasteiger partial charge in [-0.15, -0.1) is 11.3 Å². The van der Waals surface area contributed by atoms with Crippen LogP contribution in [0.2, 0.25) is 0 Å². The highest BCUT2D eigenvalue weighted by Crippen LogP contribution is 2.26. The molecular weight excluding hydrogens is 329 g/mol. The topological polar surface area (TPSA) is 66.4 Å². The second kappa shape index (κ2) is 6.64. The van der Waals surface area contributed by atoms with Crippen LogP contribution in [0.15, 0.2) is 60.0 Å². The Balaban J connectivity index is 1.85. The minimum atomic E-state index is -0.986. The van der Waals surface area contributed by atoms with Gasteiger partial charge in [0.1, 0.15) is 10.7 Å².